The van der Waals surface area contributed by atoms with E-state index in [2.05, 4.69) is 110 Å². The third-order valence-electron chi connectivity index (χ3n) is 4.79. The number of fused-ring (bicyclic) bond motifs is 3. The van der Waals surface area contributed by atoms with Crippen LogP contribution in [-0.2, 0) is 0 Å². The topological polar surface area (TPSA) is 4.93 Å². The van der Waals surface area contributed by atoms with Crippen LogP contribution in [-0.4, -0.2) is 4.57 Å². The van der Waals surface area contributed by atoms with Crippen LogP contribution in [0.2, 0.25) is 0 Å². The molecule has 0 amide bonds. The summed E-state index contributed by atoms with van der Waals surface area (Å²) in [5.41, 5.74) is 3.93. The SMILES string of the molecule is CCCC(c1ccccc1)n1c2cc(Br)ccc2c2ccc(Br)cc21. The van der Waals surface area contributed by atoms with E-state index in [9.17, 15) is 0 Å². The number of hydrogen-bond donors (Lipinski definition) is 0. The van der Waals surface area contributed by atoms with E-state index in [1.54, 1.807) is 0 Å². The Bertz CT molecular complexity index is 975. The highest BCUT2D eigenvalue weighted by Gasteiger charge is 2.19. The molecular weight excluding hydrogens is 438 g/mol. The molecule has 4 rings (SSSR count). The fourth-order valence-electron chi connectivity index (χ4n) is 3.72. The molecule has 25 heavy (non-hydrogen) atoms. The van der Waals surface area contributed by atoms with Crippen molar-refractivity contribution in [2.45, 2.75) is 25.8 Å². The van der Waals surface area contributed by atoms with Gasteiger partial charge in [-0.2, -0.15) is 0 Å². The molecule has 4 aromatic rings. The lowest BCUT2D eigenvalue weighted by molar-refractivity contribution is 0.561. The highest BCUT2D eigenvalue weighted by atomic mass is 79.9. The standard InChI is InChI=1S/C22H19Br2N/c1-2-6-20(15-7-4-3-5-8-15)25-21-13-16(23)9-11-18(21)19-12-10-17(24)14-22(19)25/h3-5,7-14,20H,2,6H2,1H3. The molecule has 0 aliphatic rings. The van der Waals surface area contributed by atoms with Gasteiger partial charge < -0.3 is 4.57 Å². The first-order valence-electron chi connectivity index (χ1n) is 8.62. The van der Waals surface area contributed by atoms with Crippen molar-refractivity contribution in [3.8, 4) is 0 Å². The van der Waals surface area contributed by atoms with E-state index in [0.29, 0.717) is 6.04 Å². The molecule has 3 aromatic carbocycles. The van der Waals surface area contributed by atoms with Gasteiger partial charge in [-0.15, -0.1) is 0 Å². The van der Waals surface area contributed by atoms with Gasteiger partial charge >= 0.3 is 0 Å². The van der Waals surface area contributed by atoms with Gasteiger partial charge in [-0.3, -0.25) is 0 Å². The van der Waals surface area contributed by atoms with Gasteiger partial charge in [-0.25, -0.2) is 0 Å². The van der Waals surface area contributed by atoms with E-state index in [1.165, 1.54) is 27.4 Å². The molecule has 0 radical (unpaired) electrons. The van der Waals surface area contributed by atoms with Crippen molar-refractivity contribution >= 4 is 53.7 Å². The average molecular weight is 457 g/mol. The Labute approximate surface area is 164 Å². The number of benzene rings is 3. The first-order chi connectivity index (χ1) is 12.2. The molecule has 1 aromatic heterocycles. The number of halogens is 2. The zero-order chi connectivity index (χ0) is 17.4. The lowest BCUT2D eigenvalue weighted by Gasteiger charge is -2.22. The Kier molecular flexibility index (Phi) is 4.70. The van der Waals surface area contributed by atoms with Crippen LogP contribution in [0.3, 0.4) is 0 Å². The molecule has 0 aliphatic heterocycles. The molecule has 0 saturated carbocycles. The molecule has 0 spiro atoms. The van der Waals surface area contributed by atoms with E-state index in [0.717, 1.165) is 21.8 Å². The summed E-state index contributed by atoms with van der Waals surface area (Å²) in [6.07, 6.45) is 2.25. The van der Waals surface area contributed by atoms with Crippen molar-refractivity contribution in [3.05, 3.63) is 81.2 Å². The van der Waals surface area contributed by atoms with Crippen LogP contribution >= 0.6 is 31.9 Å². The molecule has 0 fully saturated rings. The first kappa shape index (κ1) is 16.9. The van der Waals surface area contributed by atoms with Crippen molar-refractivity contribution in [3.63, 3.8) is 0 Å². The van der Waals surface area contributed by atoms with Gasteiger partial charge in [0.15, 0.2) is 0 Å². The predicted molar refractivity (Wildman–Crippen MR) is 114 cm³/mol. The zero-order valence-electron chi connectivity index (χ0n) is 14.0. The maximum absolute atomic E-state index is 3.66. The molecule has 1 nitrogen and oxygen atoms in total. The first-order valence-corrected chi connectivity index (χ1v) is 10.2. The Morgan fingerprint density at radius 3 is 1.88 bits per heavy atom. The second-order valence-corrected chi connectivity index (χ2v) is 8.24. The summed E-state index contributed by atoms with van der Waals surface area (Å²) in [7, 11) is 0. The van der Waals surface area contributed by atoms with Crippen LogP contribution in [0, 0.1) is 0 Å². The normalized spacial score (nSPS) is 12.8. The molecule has 0 aliphatic carbocycles. The number of aromatic nitrogens is 1. The van der Waals surface area contributed by atoms with Crippen molar-refractivity contribution < 1.29 is 0 Å². The summed E-state index contributed by atoms with van der Waals surface area (Å²) in [6, 6.07) is 24.4. The summed E-state index contributed by atoms with van der Waals surface area (Å²) in [5, 5.41) is 2.62. The molecule has 0 bridgehead atoms. The lowest BCUT2D eigenvalue weighted by Crippen LogP contribution is -2.10. The van der Waals surface area contributed by atoms with Gasteiger partial charge in [0.1, 0.15) is 0 Å². The predicted octanol–water partition coefficient (Wildman–Crippen LogP) is 7.71. The Morgan fingerprint density at radius 2 is 1.36 bits per heavy atom. The van der Waals surface area contributed by atoms with Crippen LogP contribution in [0.1, 0.15) is 31.4 Å². The Morgan fingerprint density at radius 1 is 0.800 bits per heavy atom. The summed E-state index contributed by atoms with van der Waals surface area (Å²) in [6.45, 7) is 2.26. The van der Waals surface area contributed by atoms with Crippen molar-refractivity contribution in [1.82, 2.24) is 4.57 Å². The van der Waals surface area contributed by atoms with Crippen LogP contribution in [0.25, 0.3) is 21.8 Å². The van der Waals surface area contributed by atoms with Gasteiger partial charge in [0.2, 0.25) is 0 Å². The summed E-state index contributed by atoms with van der Waals surface area (Å²) < 4.78 is 4.75. The van der Waals surface area contributed by atoms with Gasteiger partial charge in [0.05, 0.1) is 17.1 Å². The number of hydrogen-bond acceptors (Lipinski definition) is 0. The largest absolute Gasteiger partial charge is 0.333 e. The molecule has 0 N–H and O–H groups in total. The number of rotatable bonds is 4. The summed E-state index contributed by atoms with van der Waals surface area (Å²) in [4.78, 5) is 0. The number of nitrogens with zero attached hydrogens (tertiary/aromatic N) is 1. The van der Waals surface area contributed by atoms with Crippen molar-refractivity contribution in [1.29, 1.82) is 0 Å². The van der Waals surface area contributed by atoms with E-state index >= 15 is 0 Å². The molecule has 0 saturated heterocycles. The minimum atomic E-state index is 0.329. The van der Waals surface area contributed by atoms with Gasteiger partial charge in [0, 0.05) is 19.7 Å². The molecule has 126 valence electrons. The van der Waals surface area contributed by atoms with E-state index in [-0.39, 0.29) is 0 Å². The highest BCUT2D eigenvalue weighted by Crippen LogP contribution is 2.38. The monoisotopic (exact) mass is 455 g/mol. The van der Waals surface area contributed by atoms with E-state index in [4.69, 9.17) is 0 Å². The molecular formula is C22H19Br2N. The maximum atomic E-state index is 3.66. The van der Waals surface area contributed by atoms with Crippen molar-refractivity contribution in [2.75, 3.05) is 0 Å². The molecule has 1 heterocycles. The minimum absolute atomic E-state index is 0.329. The zero-order valence-corrected chi connectivity index (χ0v) is 17.2. The van der Waals surface area contributed by atoms with E-state index in [1.807, 2.05) is 0 Å². The molecule has 1 atom stereocenters. The fourth-order valence-corrected chi connectivity index (χ4v) is 4.42. The highest BCUT2D eigenvalue weighted by molar-refractivity contribution is 9.10. The third-order valence-corrected chi connectivity index (χ3v) is 5.77. The smallest absolute Gasteiger partial charge is 0.0591 e. The molecule has 3 heteroatoms. The quantitative estimate of drug-likeness (QED) is 0.296. The summed E-state index contributed by atoms with van der Waals surface area (Å²) >= 11 is 7.32. The summed E-state index contributed by atoms with van der Waals surface area (Å²) in [5.74, 6) is 0. The second kappa shape index (κ2) is 6.97. The maximum Gasteiger partial charge on any atom is 0.0591 e. The second-order valence-electron chi connectivity index (χ2n) is 6.41. The minimum Gasteiger partial charge on any atom is -0.333 e. The van der Waals surface area contributed by atoms with Crippen LogP contribution in [0.15, 0.2) is 75.7 Å². The van der Waals surface area contributed by atoms with E-state index < -0.39 is 0 Å². The molecule has 1 unspecified atom stereocenters. The van der Waals surface area contributed by atoms with Gasteiger partial charge in [-0.05, 0) is 36.2 Å². The Balaban J connectivity index is 2.09. The van der Waals surface area contributed by atoms with Gasteiger partial charge in [-0.1, -0.05) is 87.7 Å². The van der Waals surface area contributed by atoms with Gasteiger partial charge in [0.25, 0.3) is 0 Å². The average Bonchev–Trinajstić information content (AvgIpc) is 2.93. The lowest BCUT2D eigenvalue weighted by atomic mass is 10.0. The fraction of sp³-hybridized carbons (Fsp3) is 0.182. The van der Waals surface area contributed by atoms with Crippen LogP contribution in [0.4, 0.5) is 0 Å². The van der Waals surface area contributed by atoms with Crippen LogP contribution in [0.5, 0.6) is 0 Å². The third kappa shape index (κ3) is 3.04. The Hall–Kier alpha value is -1.58. The van der Waals surface area contributed by atoms with Crippen molar-refractivity contribution in [2.24, 2.45) is 0 Å². The van der Waals surface area contributed by atoms with Crippen LogP contribution < -0.4 is 0 Å².